The van der Waals surface area contributed by atoms with Crippen molar-refractivity contribution in [2.45, 2.75) is 47.0 Å². The van der Waals surface area contributed by atoms with Crippen LogP contribution in [0.4, 0.5) is 5.82 Å². The van der Waals surface area contributed by atoms with Crippen LogP contribution in [0.5, 0.6) is 0 Å². The highest BCUT2D eigenvalue weighted by molar-refractivity contribution is 7.89. The molecule has 0 aliphatic heterocycles. The minimum Gasteiger partial charge on any atom is -0.360 e. The van der Waals surface area contributed by atoms with E-state index in [4.69, 9.17) is 4.52 Å². The summed E-state index contributed by atoms with van der Waals surface area (Å²) in [6, 6.07) is 1.59. The lowest BCUT2D eigenvalue weighted by atomic mass is 10.1. The van der Waals surface area contributed by atoms with E-state index in [1.54, 1.807) is 13.0 Å². The number of hydrogen-bond acceptors (Lipinski definition) is 5. The highest BCUT2D eigenvalue weighted by atomic mass is 32.2. The molecule has 1 N–H and O–H groups in total. The van der Waals surface area contributed by atoms with Crippen molar-refractivity contribution in [3.63, 3.8) is 0 Å². The average Bonchev–Trinajstić information content (AvgIpc) is 2.86. The number of aromatic nitrogens is 1. The minimum atomic E-state index is -3.43. The van der Waals surface area contributed by atoms with Gasteiger partial charge >= 0.3 is 0 Å². The van der Waals surface area contributed by atoms with E-state index < -0.39 is 15.9 Å². The summed E-state index contributed by atoms with van der Waals surface area (Å²) in [4.78, 5) is 12.1. The van der Waals surface area contributed by atoms with Crippen LogP contribution in [-0.4, -0.2) is 42.6 Å². The van der Waals surface area contributed by atoms with E-state index in [9.17, 15) is 13.2 Å². The highest BCUT2D eigenvalue weighted by Crippen LogP contribution is 2.11. The van der Waals surface area contributed by atoms with Crippen LogP contribution in [0.2, 0.25) is 0 Å². The number of carbonyl (C=O) groups is 1. The van der Waals surface area contributed by atoms with Gasteiger partial charge in [-0.25, -0.2) is 8.42 Å². The molecule has 1 aromatic heterocycles. The summed E-state index contributed by atoms with van der Waals surface area (Å²) in [5.74, 6) is 0.884. The molecule has 0 unspecified atom stereocenters. The van der Waals surface area contributed by atoms with Crippen molar-refractivity contribution in [1.82, 2.24) is 9.46 Å². The largest absolute Gasteiger partial charge is 0.360 e. The van der Waals surface area contributed by atoms with Crippen LogP contribution in [0.1, 0.15) is 45.8 Å². The summed E-state index contributed by atoms with van der Waals surface area (Å²) in [7, 11) is -3.43. The second-order valence-corrected chi connectivity index (χ2v) is 8.15. The fourth-order valence-electron chi connectivity index (χ4n) is 1.94. The molecule has 0 radical (unpaired) electrons. The van der Waals surface area contributed by atoms with Gasteiger partial charge in [0.05, 0.1) is 12.3 Å². The molecule has 8 heteroatoms. The Hall–Kier alpha value is -1.41. The topological polar surface area (TPSA) is 92.5 Å². The molecule has 7 nitrogen and oxygen atoms in total. The van der Waals surface area contributed by atoms with E-state index in [1.165, 1.54) is 4.31 Å². The molecule has 132 valence electrons. The third kappa shape index (κ3) is 7.13. The van der Waals surface area contributed by atoms with E-state index >= 15 is 0 Å². The third-order valence-corrected chi connectivity index (χ3v) is 5.22. The maximum absolute atomic E-state index is 12.4. The van der Waals surface area contributed by atoms with Crippen molar-refractivity contribution in [2.24, 2.45) is 5.92 Å². The normalized spacial score (nSPS) is 12.1. The molecule has 0 saturated heterocycles. The Morgan fingerprint density at radius 3 is 2.65 bits per heavy atom. The van der Waals surface area contributed by atoms with Crippen molar-refractivity contribution in [3.05, 3.63) is 11.8 Å². The number of unbranched alkanes of at least 4 members (excludes halogenated alkanes) is 1. The van der Waals surface area contributed by atoms with Gasteiger partial charge < -0.3 is 9.84 Å². The second-order valence-electron chi connectivity index (χ2n) is 6.06. The number of nitrogens with one attached hydrogen (secondary N) is 1. The van der Waals surface area contributed by atoms with E-state index in [0.717, 1.165) is 6.42 Å². The first-order chi connectivity index (χ1) is 10.7. The smallest absolute Gasteiger partial charge is 0.240 e. The summed E-state index contributed by atoms with van der Waals surface area (Å²) in [5.41, 5.74) is 0. The Morgan fingerprint density at radius 2 is 2.13 bits per heavy atom. The van der Waals surface area contributed by atoms with Crippen LogP contribution in [0, 0.1) is 12.8 Å². The molecule has 0 aliphatic rings. The number of rotatable bonds is 10. The first kappa shape index (κ1) is 19.6. The Balaban J connectivity index is 2.72. The number of aryl methyl sites for hydroxylation is 1. The molecule has 0 fully saturated rings. The second kappa shape index (κ2) is 9.02. The minimum absolute atomic E-state index is 0.0674. The van der Waals surface area contributed by atoms with E-state index in [1.807, 2.05) is 20.8 Å². The molecule has 0 aromatic carbocycles. The van der Waals surface area contributed by atoms with Gasteiger partial charge in [0.1, 0.15) is 5.76 Å². The molecule has 1 amide bonds. The summed E-state index contributed by atoms with van der Waals surface area (Å²) in [6.45, 7) is 7.84. The van der Waals surface area contributed by atoms with Crippen LogP contribution in [0.25, 0.3) is 0 Å². The van der Waals surface area contributed by atoms with E-state index in [-0.39, 0.29) is 12.3 Å². The predicted molar refractivity (Wildman–Crippen MR) is 89.6 cm³/mol. The molecule has 23 heavy (non-hydrogen) atoms. The molecular weight excluding hydrogens is 318 g/mol. The van der Waals surface area contributed by atoms with Gasteiger partial charge in [-0.2, -0.15) is 4.31 Å². The van der Waals surface area contributed by atoms with Gasteiger partial charge in [-0.05, 0) is 25.7 Å². The average molecular weight is 345 g/mol. The summed E-state index contributed by atoms with van der Waals surface area (Å²) in [5, 5.41) is 6.23. The fraction of sp³-hybridized carbons (Fsp3) is 0.733. The van der Waals surface area contributed by atoms with Crippen LogP contribution in [0.3, 0.4) is 0 Å². The van der Waals surface area contributed by atoms with Crippen LogP contribution >= 0.6 is 0 Å². The number of carbonyl (C=O) groups excluding carboxylic acids is 1. The number of sulfonamides is 1. The predicted octanol–water partition coefficient (Wildman–Crippen LogP) is 2.40. The Kier molecular flexibility index (Phi) is 7.70. The first-order valence-electron chi connectivity index (χ1n) is 7.95. The quantitative estimate of drug-likeness (QED) is 0.703. The molecular formula is C15H27N3O4S. The number of nitrogens with zero attached hydrogens (tertiary/aromatic N) is 2. The first-order valence-corrected chi connectivity index (χ1v) is 9.56. The maximum Gasteiger partial charge on any atom is 0.240 e. The van der Waals surface area contributed by atoms with Crippen molar-refractivity contribution >= 4 is 21.7 Å². The number of hydrogen-bond donors (Lipinski definition) is 1. The number of amides is 1. The van der Waals surface area contributed by atoms with Crippen molar-refractivity contribution in [1.29, 1.82) is 0 Å². The Bertz CT molecular complexity index is 596. The molecule has 1 heterocycles. The molecule has 0 saturated carbocycles. The Labute approximate surface area is 138 Å². The van der Waals surface area contributed by atoms with Gasteiger partial charge in [0.2, 0.25) is 15.9 Å². The van der Waals surface area contributed by atoms with Crippen LogP contribution in [-0.2, 0) is 14.8 Å². The zero-order chi connectivity index (χ0) is 17.5. The van der Waals surface area contributed by atoms with Gasteiger partial charge in [0.25, 0.3) is 0 Å². The van der Waals surface area contributed by atoms with Gasteiger partial charge in [0, 0.05) is 12.6 Å². The third-order valence-electron chi connectivity index (χ3n) is 3.32. The molecule has 1 aromatic rings. The van der Waals surface area contributed by atoms with Crippen molar-refractivity contribution in [2.75, 3.05) is 24.2 Å². The SMILES string of the molecule is CCCCS(=O)(=O)N(CCC(C)C)CC(=O)Nc1cc(C)on1. The zero-order valence-corrected chi connectivity index (χ0v) is 15.1. The lowest BCUT2D eigenvalue weighted by molar-refractivity contribution is -0.116. The van der Waals surface area contributed by atoms with Crippen molar-refractivity contribution < 1.29 is 17.7 Å². The van der Waals surface area contributed by atoms with Crippen LogP contribution in [0.15, 0.2) is 10.6 Å². The summed E-state index contributed by atoms with van der Waals surface area (Å²) >= 11 is 0. The zero-order valence-electron chi connectivity index (χ0n) is 14.3. The van der Waals surface area contributed by atoms with Gasteiger partial charge in [-0.3, -0.25) is 4.79 Å². The Morgan fingerprint density at radius 1 is 1.43 bits per heavy atom. The number of anilines is 1. The van der Waals surface area contributed by atoms with Crippen molar-refractivity contribution in [3.8, 4) is 0 Å². The van der Waals surface area contributed by atoms with E-state index in [0.29, 0.717) is 36.9 Å². The molecule has 0 aliphatic carbocycles. The molecule has 1 rings (SSSR count). The van der Waals surface area contributed by atoms with E-state index in [2.05, 4.69) is 10.5 Å². The summed E-state index contributed by atoms with van der Waals surface area (Å²) < 4.78 is 31.0. The monoisotopic (exact) mass is 345 g/mol. The van der Waals surface area contributed by atoms with Gasteiger partial charge in [-0.1, -0.05) is 32.3 Å². The fourth-order valence-corrected chi connectivity index (χ4v) is 3.55. The standard InChI is InChI=1S/C15H27N3O4S/c1-5-6-9-23(20,21)18(8-7-12(2)3)11-15(19)16-14-10-13(4)22-17-14/h10,12H,5-9,11H2,1-4H3,(H,16,17,19). The molecule has 0 spiro atoms. The summed E-state index contributed by atoms with van der Waals surface area (Å²) in [6.07, 6.45) is 2.09. The van der Waals surface area contributed by atoms with Crippen LogP contribution < -0.4 is 5.32 Å². The molecule has 0 bridgehead atoms. The molecule has 0 atom stereocenters. The van der Waals surface area contributed by atoms with Gasteiger partial charge in [0.15, 0.2) is 5.82 Å². The lowest BCUT2D eigenvalue weighted by Gasteiger charge is -2.22. The maximum atomic E-state index is 12.4. The highest BCUT2D eigenvalue weighted by Gasteiger charge is 2.24. The van der Waals surface area contributed by atoms with Gasteiger partial charge in [-0.15, -0.1) is 0 Å². The lowest BCUT2D eigenvalue weighted by Crippen LogP contribution is -2.40.